The van der Waals surface area contributed by atoms with E-state index in [1.54, 1.807) is 0 Å². The van der Waals surface area contributed by atoms with Gasteiger partial charge in [-0.25, -0.2) is 5.84 Å². The normalized spacial score (nSPS) is 11.3. The third-order valence-electron chi connectivity index (χ3n) is 2.09. The first-order valence-corrected chi connectivity index (χ1v) is 4.98. The molecule has 0 saturated heterocycles. The Kier molecular flexibility index (Phi) is 4.12. The Bertz CT molecular complexity index is 344. The van der Waals surface area contributed by atoms with Crippen molar-refractivity contribution in [2.24, 2.45) is 10.8 Å². The summed E-state index contributed by atoms with van der Waals surface area (Å²) in [4.78, 5) is 6.32. The van der Waals surface area contributed by atoms with Gasteiger partial charge in [0.15, 0.2) is 0 Å². The zero-order valence-electron chi connectivity index (χ0n) is 9.49. The first-order chi connectivity index (χ1) is 7.19. The highest BCUT2D eigenvalue weighted by Crippen LogP contribution is 2.13. The van der Waals surface area contributed by atoms with Gasteiger partial charge >= 0.3 is 0 Å². The van der Waals surface area contributed by atoms with Gasteiger partial charge in [0.05, 0.1) is 0 Å². The van der Waals surface area contributed by atoms with Crippen LogP contribution in [0.4, 0.5) is 5.69 Å². The zero-order valence-corrected chi connectivity index (χ0v) is 9.49. The van der Waals surface area contributed by atoms with Gasteiger partial charge in [0.1, 0.15) is 5.84 Å². The molecule has 0 fully saturated rings. The molecule has 1 rings (SSSR count). The highest BCUT2D eigenvalue weighted by atomic mass is 15.2. The number of amidine groups is 1. The van der Waals surface area contributed by atoms with Crippen LogP contribution in [0.25, 0.3) is 0 Å². The molecule has 0 spiro atoms. The summed E-state index contributed by atoms with van der Waals surface area (Å²) in [5.74, 6) is 6.15. The monoisotopic (exact) mass is 206 g/mol. The van der Waals surface area contributed by atoms with Crippen molar-refractivity contribution in [1.82, 2.24) is 5.43 Å². The number of benzene rings is 1. The van der Waals surface area contributed by atoms with Gasteiger partial charge < -0.3 is 10.3 Å². The molecule has 82 valence electrons. The molecule has 0 saturated carbocycles. The summed E-state index contributed by atoms with van der Waals surface area (Å²) in [5.41, 5.74) is 4.75. The van der Waals surface area contributed by atoms with Crippen LogP contribution in [-0.2, 0) is 0 Å². The second-order valence-electron chi connectivity index (χ2n) is 3.41. The summed E-state index contributed by atoms with van der Waals surface area (Å²) >= 11 is 0. The van der Waals surface area contributed by atoms with E-state index in [1.165, 1.54) is 0 Å². The van der Waals surface area contributed by atoms with E-state index in [0.717, 1.165) is 17.1 Å². The largest absolute Gasteiger partial charge is 0.378 e. The molecule has 0 radical (unpaired) electrons. The molecule has 1 aromatic carbocycles. The number of nitrogens with two attached hydrogens (primary N) is 1. The molecule has 0 aromatic heterocycles. The summed E-state index contributed by atoms with van der Waals surface area (Å²) in [7, 11) is 4.01. The van der Waals surface area contributed by atoms with E-state index in [1.807, 2.05) is 50.2 Å². The van der Waals surface area contributed by atoms with E-state index < -0.39 is 0 Å². The average molecular weight is 206 g/mol. The standard InChI is InChI=1S/C11H18N4/c1-4-13-11(14-12)9-6-5-7-10(8-9)15(2)3/h5-8H,4,12H2,1-3H3,(H,13,14). The number of nitrogens with one attached hydrogen (secondary N) is 1. The predicted molar refractivity (Wildman–Crippen MR) is 65.2 cm³/mol. The minimum atomic E-state index is 0.714. The Labute approximate surface area is 90.8 Å². The quantitative estimate of drug-likeness (QED) is 0.335. The topological polar surface area (TPSA) is 53.6 Å². The van der Waals surface area contributed by atoms with Crippen LogP contribution < -0.4 is 16.2 Å². The summed E-state index contributed by atoms with van der Waals surface area (Å²) in [6, 6.07) is 8.08. The molecule has 3 N–H and O–H groups in total. The van der Waals surface area contributed by atoms with E-state index in [2.05, 4.69) is 10.4 Å². The SMILES string of the molecule is CCN=C(NN)c1cccc(N(C)C)c1. The van der Waals surface area contributed by atoms with E-state index in [0.29, 0.717) is 6.54 Å². The number of hydrogen-bond acceptors (Lipinski definition) is 3. The first-order valence-electron chi connectivity index (χ1n) is 4.98. The lowest BCUT2D eigenvalue weighted by atomic mass is 10.2. The zero-order chi connectivity index (χ0) is 11.3. The van der Waals surface area contributed by atoms with Crippen molar-refractivity contribution in [3.63, 3.8) is 0 Å². The van der Waals surface area contributed by atoms with Crippen LogP contribution in [0, 0.1) is 0 Å². The second-order valence-corrected chi connectivity index (χ2v) is 3.41. The number of anilines is 1. The van der Waals surface area contributed by atoms with Gasteiger partial charge in [-0.15, -0.1) is 0 Å². The number of aliphatic imine (C=N–C) groups is 1. The molecule has 0 aliphatic heterocycles. The average Bonchev–Trinajstić information content (AvgIpc) is 2.26. The fourth-order valence-electron chi connectivity index (χ4n) is 1.31. The predicted octanol–water partition coefficient (Wildman–Crippen LogP) is 0.982. The first kappa shape index (κ1) is 11.5. The molecule has 0 aliphatic carbocycles. The smallest absolute Gasteiger partial charge is 0.142 e. The lowest BCUT2D eigenvalue weighted by molar-refractivity contribution is 0.991. The molecule has 0 aliphatic rings. The van der Waals surface area contributed by atoms with Crippen molar-refractivity contribution in [3.05, 3.63) is 29.8 Å². The Morgan fingerprint density at radius 2 is 2.20 bits per heavy atom. The Morgan fingerprint density at radius 1 is 1.47 bits per heavy atom. The lowest BCUT2D eigenvalue weighted by Gasteiger charge is -2.14. The summed E-state index contributed by atoms with van der Waals surface area (Å²) in [6.07, 6.45) is 0. The van der Waals surface area contributed by atoms with Crippen molar-refractivity contribution in [1.29, 1.82) is 0 Å². The van der Waals surface area contributed by atoms with Crippen LogP contribution in [0.3, 0.4) is 0 Å². The molecule has 0 unspecified atom stereocenters. The second kappa shape index (κ2) is 5.36. The molecule has 4 nitrogen and oxygen atoms in total. The van der Waals surface area contributed by atoms with Crippen LogP contribution in [0.15, 0.2) is 29.3 Å². The van der Waals surface area contributed by atoms with Gasteiger partial charge in [-0.1, -0.05) is 12.1 Å². The van der Waals surface area contributed by atoms with E-state index >= 15 is 0 Å². The molecule has 0 atom stereocenters. The Hall–Kier alpha value is -1.55. The van der Waals surface area contributed by atoms with E-state index in [-0.39, 0.29) is 0 Å². The molecule has 0 amide bonds. The maximum absolute atomic E-state index is 5.42. The number of hydrogen-bond donors (Lipinski definition) is 2. The minimum Gasteiger partial charge on any atom is -0.378 e. The highest BCUT2D eigenvalue weighted by molar-refractivity contribution is 5.99. The Morgan fingerprint density at radius 3 is 2.73 bits per heavy atom. The molecule has 0 bridgehead atoms. The van der Waals surface area contributed by atoms with Crippen LogP contribution in [0.2, 0.25) is 0 Å². The molecular weight excluding hydrogens is 188 g/mol. The van der Waals surface area contributed by atoms with Crippen molar-refractivity contribution in [2.75, 3.05) is 25.5 Å². The minimum absolute atomic E-state index is 0.714. The van der Waals surface area contributed by atoms with Crippen molar-refractivity contribution < 1.29 is 0 Å². The van der Waals surface area contributed by atoms with Gasteiger partial charge in [-0.3, -0.25) is 4.99 Å². The Balaban J connectivity index is 3.03. The van der Waals surface area contributed by atoms with Gasteiger partial charge in [0.2, 0.25) is 0 Å². The van der Waals surface area contributed by atoms with Gasteiger partial charge in [0, 0.05) is 31.9 Å². The molecule has 4 heteroatoms. The number of hydrazine groups is 1. The molecule has 15 heavy (non-hydrogen) atoms. The maximum atomic E-state index is 5.42. The summed E-state index contributed by atoms with van der Waals surface area (Å²) in [5, 5.41) is 0. The highest BCUT2D eigenvalue weighted by Gasteiger charge is 2.02. The third-order valence-corrected chi connectivity index (χ3v) is 2.09. The van der Waals surface area contributed by atoms with Crippen LogP contribution >= 0.6 is 0 Å². The summed E-state index contributed by atoms with van der Waals surface area (Å²) in [6.45, 7) is 2.69. The van der Waals surface area contributed by atoms with Crippen molar-refractivity contribution in [3.8, 4) is 0 Å². The van der Waals surface area contributed by atoms with E-state index in [9.17, 15) is 0 Å². The van der Waals surface area contributed by atoms with Gasteiger partial charge in [-0.05, 0) is 19.1 Å². The number of nitrogens with zero attached hydrogens (tertiary/aromatic N) is 2. The molecule has 0 heterocycles. The van der Waals surface area contributed by atoms with Crippen molar-refractivity contribution >= 4 is 11.5 Å². The summed E-state index contributed by atoms with van der Waals surface area (Å²) < 4.78 is 0. The fraction of sp³-hybridized carbons (Fsp3) is 0.364. The van der Waals surface area contributed by atoms with Crippen LogP contribution in [0.1, 0.15) is 12.5 Å². The third kappa shape index (κ3) is 2.95. The van der Waals surface area contributed by atoms with Gasteiger partial charge in [0.25, 0.3) is 0 Å². The van der Waals surface area contributed by atoms with Gasteiger partial charge in [-0.2, -0.15) is 0 Å². The number of rotatable bonds is 3. The maximum Gasteiger partial charge on any atom is 0.142 e. The fourth-order valence-corrected chi connectivity index (χ4v) is 1.31. The molecule has 1 aromatic rings. The van der Waals surface area contributed by atoms with Crippen molar-refractivity contribution in [2.45, 2.75) is 6.92 Å². The van der Waals surface area contributed by atoms with E-state index in [4.69, 9.17) is 5.84 Å². The van der Waals surface area contributed by atoms with Crippen LogP contribution in [-0.4, -0.2) is 26.5 Å². The lowest BCUT2D eigenvalue weighted by Crippen LogP contribution is -2.31. The molecular formula is C11H18N4. The van der Waals surface area contributed by atoms with Crippen LogP contribution in [0.5, 0.6) is 0 Å².